The van der Waals surface area contributed by atoms with Crippen molar-refractivity contribution in [3.8, 4) is 11.1 Å². The molecule has 2 saturated carbocycles. The van der Waals surface area contributed by atoms with Crippen LogP contribution in [-0.4, -0.2) is 5.92 Å². The van der Waals surface area contributed by atoms with Gasteiger partial charge >= 0.3 is 6.18 Å². The molecule has 4 rings (SSSR count). The van der Waals surface area contributed by atoms with Gasteiger partial charge in [-0.3, -0.25) is 0 Å². The van der Waals surface area contributed by atoms with Crippen molar-refractivity contribution in [1.29, 1.82) is 0 Å². The Bertz CT molecular complexity index is 1070. The predicted octanol–water partition coefficient (Wildman–Crippen LogP) is 10.7. The van der Waals surface area contributed by atoms with E-state index in [1.165, 1.54) is 12.1 Å². The highest BCUT2D eigenvalue weighted by Crippen LogP contribution is 2.47. The van der Waals surface area contributed by atoms with Crippen LogP contribution in [0.5, 0.6) is 0 Å². The topological polar surface area (TPSA) is 0 Å². The van der Waals surface area contributed by atoms with Gasteiger partial charge in [0, 0.05) is 17.9 Å². The Hall–Kier alpha value is -2.12. The van der Waals surface area contributed by atoms with E-state index >= 15 is 8.78 Å². The summed E-state index contributed by atoms with van der Waals surface area (Å²) in [5.74, 6) is -7.17. The van der Waals surface area contributed by atoms with Crippen LogP contribution in [0.25, 0.3) is 11.1 Å². The quantitative estimate of drug-likeness (QED) is 0.303. The zero-order valence-corrected chi connectivity index (χ0v) is 21.5. The monoisotopic (exact) mass is 546 g/mol. The molecule has 0 radical (unpaired) electrons. The number of hydrogen-bond acceptors (Lipinski definition) is 0. The van der Waals surface area contributed by atoms with Gasteiger partial charge in [-0.05, 0) is 98.4 Å². The Labute approximate surface area is 218 Å². The summed E-state index contributed by atoms with van der Waals surface area (Å²) >= 11 is 0. The van der Waals surface area contributed by atoms with Crippen molar-refractivity contribution in [3.05, 3.63) is 58.9 Å². The zero-order valence-electron chi connectivity index (χ0n) is 21.5. The van der Waals surface area contributed by atoms with Crippen LogP contribution in [0.2, 0.25) is 0 Å². The van der Waals surface area contributed by atoms with Crippen LogP contribution < -0.4 is 0 Å². The molecular weight excluding hydrogens is 512 g/mol. The molecule has 2 aromatic rings. The second-order valence-electron chi connectivity index (χ2n) is 11.2. The van der Waals surface area contributed by atoms with Crippen LogP contribution in [0.4, 0.5) is 35.1 Å². The number of hydrogen-bond donors (Lipinski definition) is 0. The van der Waals surface area contributed by atoms with Crippen LogP contribution >= 0.6 is 0 Å². The molecule has 38 heavy (non-hydrogen) atoms. The van der Waals surface area contributed by atoms with Gasteiger partial charge in [-0.2, -0.15) is 13.2 Å². The molecule has 0 saturated heterocycles. The lowest BCUT2D eigenvalue weighted by Gasteiger charge is -2.37. The summed E-state index contributed by atoms with van der Waals surface area (Å²) in [6.45, 7) is 2.13. The number of rotatable bonds is 7. The minimum absolute atomic E-state index is 0.0333. The van der Waals surface area contributed by atoms with Crippen molar-refractivity contribution in [2.75, 3.05) is 0 Å². The third-order valence-corrected chi connectivity index (χ3v) is 8.65. The number of benzene rings is 2. The minimum Gasteiger partial charge on any atom is -0.207 e. The molecule has 0 atom stereocenters. The largest absolute Gasteiger partial charge is 0.422 e. The smallest absolute Gasteiger partial charge is 0.207 e. The first kappa shape index (κ1) is 28.9. The van der Waals surface area contributed by atoms with Crippen molar-refractivity contribution in [2.45, 2.75) is 95.6 Å². The Morgan fingerprint density at radius 2 is 1.29 bits per heavy atom. The molecule has 0 aromatic heterocycles. The lowest BCUT2D eigenvalue weighted by atomic mass is 9.72. The van der Waals surface area contributed by atoms with Gasteiger partial charge in [0.1, 0.15) is 23.0 Å². The van der Waals surface area contributed by atoms with Gasteiger partial charge in [-0.1, -0.05) is 31.9 Å². The third kappa shape index (κ3) is 6.53. The van der Waals surface area contributed by atoms with Crippen molar-refractivity contribution < 1.29 is 35.1 Å². The molecule has 8 heteroatoms. The van der Waals surface area contributed by atoms with E-state index in [0.717, 1.165) is 25.7 Å². The maximum atomic E-state index is 15.1. The molecule has 0 bridgehead atoms. The van der Waals surface area contributed by atoms with E-state index in [9.17, 15) is 26.3 Å². The standard InChI is InChI=1S/C30H34F8/c1-2-3-18-6-11-23(12-7-18)29(34,35)17-19-4-8-20(9-5-19)21-10-13-24(25(31)14-21)22-15-26(32)28(27(33)16-22)30(36,37)38/h10,13-16,18-20,23H,2-9,11-12,17H2,1H3. The van der Waals surface area contributed by atoms with Gasteiger partial charge in [-0.25, -0.2) is 22.0 Å². The Morgan fingerprint density at radius 1 is 0.711 bits per heavy atom. The van der Waals surface area contributed by atoms with Gasteiger partial charge in [-0.15, -0.1) is 0 Å². The highest BCUT2D eigenvalue weighted by molar-refractivity contribution is 5.65. The predicted molar refractivity (Wildman–Crippen MR) is 131 cm³/mol. The normalized spacial score (nSPS) is 25.0. The highest BCUT2D eigenvalue weighted by Gasteiger charge is 2.43. The summed E-state index contributed by atoms with van der Waals surface area (Å²) < 4.78 is 112. The van der Waals surface area contributed by atoms with Crippen LogP contribution in [0.3, 0.4) is 0 Å². The highest BCUT2D eigenvalue weighted by atomic mass is 19.4. The maximum absolute atomic E-state index is 15.1. The molecule has 2 fully saturated rings. The van der Waals surface area contributed by atoms with Gasteiger partial charge in [0.2, 0.25) is 0 Å². The van der Waals surface area contributed by atoms with E-state index in [1.807, 2.05) is 0 Å². The van der Waals surface area contributed by atoms with Gasteiger partial charge in [0.15, 0.2) is 0 Å². The molecule has 0 aliphatic heterocycles. The summed E-state index contributed by atoms with van der Waals surface area (Å²) in [5, 5.41) is 0. The average Bonchev–Trinajstić information content (AvgIpc) is 2.83. The molecule has 2 aliphatic rings. The summed E-state index contributed by atoms with van der Waals surface area (Å²) in [7, 11) is 0. The third-order valence-electron chi connectivity index (χ3n) is 8.65. The van der Waals surface area contributed by atoms with Crippen molar-refractivity contribution in [1.82, 2.24) is 0 Å². The summed E-state index contributed by atoms with van der Waals surface area (Å²) in [4.78, 5) is 0. The lowest BCUT2D eigenvalue weighted by Crippen LogP contribution is -2.34. The molecule has 0 spiro atoms. The van der Waals surface area contributed by atoms with E-state index in [2.05, 4.69) is 6.92 Å². The fraction of sp³-hybridized carbons (Fsp3) is 0.600. The average molecular weight is 547 g/mol. The second kappa shape index (κ2) is 11.5. The van der Waals surface area contributed by atoms with Crippen molar-refractivity contribution in [3.63, 3.8) is 0 Å². The molecule has 0 N–H and O–H groups in total. The van der Waals surface area contributed by atoms with E-state index in [4.69, 9.17) is 0 Å². The maximum Gasteiger partial charge on any atom is 0.422 e. The van der Waals surface area contributed by atoms with Crippen LogP contribution in [-0.2, 0) is 6.18 Å². The SMILES string of the molecule is CCCC1CCC(C(F)(F)CC2CCC(c3ccc(-c4cc(F)c(C(F)(F)F)c(F)c4)c(F)c3)CC2)CC1. The summed E-state index contributed by atoms with van der Waals surface area (Å²) in [5.41, 5.74) is -1.89. The van der Waals surface area contributed by atoms with Gasteiger partial charge in [0.05, 0.1) is 0 Å². The molecule has 0 heterocycles. The molecule has 0 nitrogen and oxygen atoms in total. The number of halogens is 8. The Morgan fingerprint density at radius 3 is 1.82 bits per heavy atom. The van der Waals surface area contributed by atoms with Gasteiger partial charge < -0.3 is 0 Å². The first-order valence-electron chi connectivity index (χ1n) is 13.6. The molecule has 2 aliphatic carbocycles. The molecular formula is C30H34F8. The van der Waals surface area contributed by atoms with E-state index in [-0.39, 0.29) is 29.4 Å². The molecule has 0 amide bonds. The summed E-state index contributed by atoms with van der Waals surface area (Å²) in [6.07, 6.45) is 2.33. The Balaban J connectivity index is 1.36. The van der Waals surface area contributed by atoms with E-state index < -0.39 is 41.0 Å². The second-order valence-corrected chi connectivity index (χ2v) is 11.2. The van der Waals surface area contributed by atoms with E-state index in [1.54, 1.807) is 6.07 Å². The first-order valence-corrected chi connectivity index (χ1v) is 13.6. The van der Waals surface area contributed by atoms with Gasteiger partial charge in [0.25, 0.3) is 5.92 Å². The first-order chi connectivity index (χ1) is 17.9. The van der Waals surface area contributed by atoms with Crippen LogP contribution in [0.15, 0.2) is 30.3 Å². The summed E-state index contributed by atoms with van der Waals surface area (Å²) in [6, 6.07) is 5.09. The zero-order chi connectivity index (χ0) is 27.7. The Kier molecular flexibility index (Phi) is 8.78. The number of alkyl halides is 5. The van der Waals surface area contributed by atoms with Crippen molar-refractivity contribution in [2.24, 2.45) is 17.8 Å². The minimum atomic E-state index is -5.20. The molecule has 2 aromatic carbocycles. The van der Waals surface area contributed by atoms with Crippen molar-refractivity contribution >= 4 is 0 Å². The fourth-order valence-electron chi connectivity index (χ4n) is 6.55. The fourth-order valence-corrected chi connectivity index (χ4v) is 6.55. The van der Waals surface area contributed by atoms with E-state index in [0.29, 0.717) is 62.1 Å². The molecule has 210 valence electrons. The lowest BCUT2D eigenvalue weighted by molar-refractivity contribution is -0.142. The van der Waals surface area contributed by atoms with Crippen LogP contribution in [0, 0.1) is 35.2 Å². The molecule has 0 unspecified atom stereocenters. The van der Waals surface area contributed by atoms with Crippen LogP contribution in [0.1, 0.15) is 94.6 Å².